The highest BCUT2D eigenvalue weighted by Crippen LogP contribution is 2.33. The van der Waals surface area contributed by atoms with E-state index in [0.717, 1.165) is 11.4 Å². The smallest absolute Gasteiger partial charge is 0.266 e. The van der Waals surface area contributed by atoms with Crippen LogP contribution in [0.25, 0.3) is 11.2 Å². The number of alkyl halides is 2. The van der Waals surface area contributed by atoms with Gasteiger partial charge in [-0.05, 0) is 25.4 Å². The second-order valence-corrected chi connectivity index (χ2v) is 5.25. The quantitative estimate of drug-likeness (QED) is 0.757. The van der Waals surface area contributed by atoms with Crippen molar-refractivity contribution in [2.24, 2.45) is 0 Å². The van der Waals surface area contributed by atoms with Gasteiger partial charge < -0.3 is 4.90 Å². The van der Waals surface area contributed by atoms with Crippen LogP contribution in [0.15, 0.2) is 0 Å². The minimum atomic E-state index is -2.71. The van der Waals surface area contributed by atoms with Crippen molar-refractivity contribution in [1.29, 1.82) is 0 Å². The van der Waals surface area contributed by atoms with Crippen molar-refractivity contribution in [1.82, 2.24) is 19.9 Å². The van der Waals surface area contributed by atoms with Gasteiger partial charge in [-0.15, -0.1) is 0 Å². The summed E-state index contributed by atoms with van der Waals surface area (Å²) in [6.07, 6.45) is -0.200. The molecule has 0 atom stereocenters. The first-order chi connectivity index (χ1) is 9.35. The molecule has 0 saturated carbocycles. The van der Waals surface area contributed by atoms with Gasteiger partial charge in [0.05, 0.1) is 17.9 Å². The number of halogens is 3. The fraction of sp³-hybridized carbons (Fsp3) is 0.500. The largest absolute Gasteiger partial charge is 0.348 e. The average Bonchev–Trinajstić information content (AvgIpc) is 2.71. The molecule has 1 aliphatic rings. The van der Waals surface area contributed by atoms with Gasteiger partial charge >= 0.3 is 0 Å². The maximum absolute atomic E-state index is 13.4. The van der Waals surface area contributed by atoms with Crippen molar-refractivity contribution in [2.45, 2.75) is 26.2 Å². The van der Waals surface area contributed by atoms with Crippen LogP contribution in [0, 0.1) is 13.8 Å². The predicted octanol–water partition coefficient (Wildman–Crippen LogP) is 2.54. The Morgan fingerprint density at radius 2 is 1.80 bits per heavy atom. The molecule has 2 aromatic rings. The molecule has 3 heterocycles. The summed E-state index contributed by atoms with van der Waals surface area (Å²) in [4.78, 5) is 18.2. The molecule has 3 rings (SSSR count). The standard InChI is InChI=1S/C12H12ClF2N5/c1-6-7(2)17-9-8(16-6)10(19-11(13)18-9)20-4-3-12(14,15)5-20/h3-5H2,1-2H3. The lowest BCUT2D eigenvalue weighted by molar-refractivity contribution is 0.0257. The Hall–Kier alpha value is -1.63. The lowest BCUT2D eigenvalue weighted by atomic mass is 10.3. The highest BCUT2D eigenvalue weighted by atomic mass is 35.5. The molecule has 0 N–H and O–H groups in total. The van der Waals surface area contributed by atoms with E-state index in [9.17, 15) is 8.78 Å². The minimum Gasteiger partial charge on any atom is -0.348 e. The minimum absolute atomic E-state index is 0.0136. The summed E-state index contributed by atoms with van der Waals surface area (Å²) in [6, 6.07) is 0. The highest BCUT2D eigenvalue weighted by Gasteiger charge is 2.39. The molecule has 20 heavy (non-hydrogen) atoms. The van der Waals surface area contributed by atoms with E-state index in [1.165, 1.54) is 4.90 Å². The maximum Gasteiger partial charge on any atom is 0.266 e. The lowest BCUT2D eigenvalue weighted by Crippen LogP contribution is -2.26. The van der Waals surface area contributed by atoms with E-state index < -0.39 is 5.92 Å². The molecule has 0 amide bonds. The van der Waals surface area contributed by atoms with Gasteiger partial charge in [-0.3, -0.25) is 0 Å². The van der Waals surface area contributed by atoms with Gasteiger partial charge in [-0.1, -0.05) is 0 Å². The van der Waals surface area contributed by atoms with Crippen LogP contribution in [0.3, 0.4) is 0 Å². The summed E-state index contributed by atoms with van der Waals surface area (Å²) >= 11 is 5.86. The highest BCUT2D eigenvalue weighted by molar-refractivity contribution is 6.28. The summed E-state index contributed by atoms with van der Waals surface area (Å²) in [5.41, 5.74) is 2.19. The van der Waals surface area contributed by atoms with Crippen molar-refractivity contribution in [3.8, 4) is 0 Å². The molecule has 0 spiro atoms. The second kappa shape index (κ2) is 4.44. The third-order valence-corrected chi connectivity index (χ3v) is 3.53. The van der Waals surface area contributed by atoms with Crippen molar-refractivity contribution in [2.75, 3.05) is 18.0 Å². The Bertz CT molecular complexity index is 691. The van der Waals surface area contributed by atoms with E-state index in [1.807, 2.05) is 6.92 Å². The number of rotatable bonds is 1. The molecule has 8 heteroatoms. The third kappa shape index (κ3) is 2.26. The number of fused-ring (bicyclic) bond motifs is 1. The second-order valence-electron chi connectivity index (χ2n) is 4.91. The van der Waals surface area contributed by atoms with Gasteiger partial charge in [0.15, 0.2) is 17.0 Å². The van der Waals surface area contributed by atoms with Crippen molar-refractivity contribution >= 4 is 28.6 Å². The van der Waals surface area contributed by atoms with Crippen LogP contribution in [0.1, 0.15) is 17.8 Å². The van der Waals surface area contributed by atoms with Crippen LogP contribution in [0.4, 0.5) is 14.6 Å². The summed E-state index contributed by atoms with van der Waals surface area (Å²) in [6.45, 7) is 3.44. The Kier molecular flexibility index (Phi) is 2.97. The fourth-order valence-corrected chi connectivity index (χ4v) is 2.37. The monoisotopic (exact) mass is 299 g/mol. The molecular weight excluding hydrogens is 288 g/mol. The number of nitrogens with zero attached hydrogens (tertiary/aromatic N) is 5. The SMILES string of the molecule is Cc1nc2nc(Cl)nc(N3CCC(F)(F)C3)c2nc1C. The average molecular weight is 300 g/mol. The van der Waals surface area contributed by atoms with Gasteiger partial charge in [-0.2, -0.15) is 9.97 Å². The molecule has 0 bridgehead atoms. The van der Waals surface area contributed by atoms with Crippen molar-refractivity contribution < 1.29 is 8.78 Å². The van der Waals surface area contributed by atoms with E-state index in [1.54, 1.807) is 6.92 Å². The van der Waals surface area contributed by atoms with E-state index in [0.29, 0.717) is 17.0 Å². The molecular formula is C12H12ClF2N5. The van der Waals surface area contributed by atoms with Crippen LogP contribution >= 0.6 is 11.6 Å². The van der Waals surface area contributed by atoms with E-state index in [2.05, 4.69) is 19.9 Å². The normalized spacial score (nSPS) is 17.9. The Labute approximate surface area is 119 Å². The first kappa shape index (κ1) is 13.4. The van der Waals surface area contributed by atoms with Crippen LogP contribution < -0.4 is 4.90 Å². The van der Waals surface area contributed by atoms with Gasteiger partial charge in [0, 0.05) is 13.0 Å². The maximum atomic E-state index is 13.4. The van der Waals surface area contributed by atoms with Crippen LogP contribution in [-0.4, -0.2) is 38.9 Å². The van der Waals surface area contributed by atoms with Gasteiger partial charge in [-0.25, -0.2) is 18.7 Å². The zero-order valence-electron chi connectivity index (χ0n) is 11.0. The van der Waals surface area contributed by atoms with E-state index >= 15 is 0 Å². The van der Waals surface area contributed by atoms with Gasteiger partial charge in [0.1, 0.15) is 0 Å². The van der Waals surface area contributed by atoms with Gasteiger partial charge in [0.25, 0.3) is 5.92 Å². The summed E-state index contributed by atoms with van der Waals surface area (Å²) in [5.74, 6) is -2.38. The van der Waals surface area contributed by atoms with Crippen molar-refractivity contribution in [3.05, 3.63) is 16.7 Å². The summed E-state index contributed by atoms with van der Waals surface area (Å²) < 4.78 is 26.7. The zero-order chi connectivity index (χ0) is 14.5. The molecule has 106 valence electrons. The molecule has 0 aliphatic carbocycles. The van der Waals surface area contributed by atoms with Crippen LogP contribution in [0.2, 0.25) is 5.28 Å². The molecule has 1 aliphatic heterocycles. The molecule has 5 nitrogen and oxygen atoms in total. The molecule has 0 radical (unpaired) electrons. The predicted molar refractivity (Wildman–Crippen MR) is 71.4 cm³/mol. The van der Waals surface area contributed by atoms with Gasteiger partial charge in [0.2, 0.25) is 5.28 Å². The molecule has 0 aromatic carbocycles. The molecule has 1 fully saturated rings. The Morgan fingerprint density at radius 3 is 2.45 bits per heavy atom. The van der Waals surface area contributed by atoms with Crippen molar-refractivity contribution in [3.63, 3.8) is 0 Å². The molecule has 2 aromatic heterocycles. The van der Waals surface area contributed by atoms with Crippen LogP contribution in [-0.2, 0) is 0 Å². The first-order valence-electron chi connectivity index (χ1n) is 6.17. The number of anilines is 1. The topological polar surface area (TPSA) is 54.8 Å². The third-order valence-electron chi connectivity index (χ3n) is 3.37. The Balaban J connectivity index is 2.17. The fourth-order valence-electron chi connectivity index (χ4n) is 2.21. The summed E-state index contributed by atoms with van der Waals surface area (Å²) in [5, 5.41) is -0.0136. The summed E-state index contributed by atoms with van der Waals surface area (Å²) in [7, 11) is 0. The number of hydrogen-bond acceptors (Lipinski definition) is 5. The van der Waals surface area contributed by atoms with Crippen LogP contribution in [0.5, 0.6) is 0 Å². The molecule has 1 saturated heterocycles. The van der Waals surface area contributed by atoms with E-state index in [-0.39, 0.29) is 24.8 Å². The molecule has 0 unspecified atom stereocenters. The lowest BCUT2D eigenvalue weighted by Gasteiger charge is -2.18. The zero-order valence-corrected chi connectivity index (χ0v) is 11.7. The number of hydrogen-bond donors (Lipinski definition) is 0. The number of aryl methyl sites for hydroxylation is 2. The first-order valence-corrected chi connectivity index (χ1v) is 6.55. The Morgan fingerprint density at radius 1 is 1.10 bits per heavy atom. The van der Waals surface area contributed by atoms with E-state index in [4.69, 9.17) is 11.6 Å². The number of aromatic nitrogens is 4.